The summed E-state index contributed by atoms with van der Waals surface area (Å²) < 4.78 is 0. The quantitative estimate of drug-likeness (QED) is 0.506. The minimum atomic E-state index is 0.606. The molecule has 0 aliphatic carbocycles. The Hall–Kier alpha value is -0.660. The average Bonchev–Trinajstić information content (AvgIpc) is 1.89. The van der Waals surface area contributed by atoms with Crippen molar-refractivity contribution in [2.75, 3.05) is 6.54 Å². The lowest BCUT2D eigenvalue weighted by Gasteiger charge is -2.13. The molecule has 1 aliphatic rings. The summed E-state index contributed by atoms with van der Waals surface area (Å²) in [6.45, 7) is 5.18. The molecule has 0 radical (unpaired) electrons. The molecule has 0 bridgehead atoms. The Bertz CT molecular complexity index is 147. The fraction of sp³-hybridized carbons (Fsp3) is 0.714. The Morgan fingerprint density at radius 3 is 3.00 bits per heavy atom. The predicted molar refractivity (Wildman–Crippen MR) is 40.2 cm³/mol. The number of hydrogen-bond donors (Lipinski definition) is 0. The van der Waals surface area contributed by atoms with Crippen molar-refractivity contribution >= 4 is 12.1 Å². The fourth-order valence-electron chi connectivity index (χ4n) is 0.968. The largest absolute Gasteiger partial charge is 0.273 e. The molecule has 50 valence electrons. The summed E-state index contributed by atoms with van der Waals surface area (Å²) in [5, 5.41) is 0. The van der Waals surface area contributed by atoms with Crippen molar-refractivity contribution in [3.63, 3.8) is 0 Å². The van der Waals surface area contributed by atoms with Gasteiger partial charge in [0.05, 0.1) is 0 Å². The highest BCUT2D eigenvalue weighted by molar-refractivity contribution is 5.92. The summed E-state index contributed by atoms with van der Waals surface area (Å²) in [7, 11) is 0. The molecule has 1 atom stereocenters. The van der Waals surface area contributed by atoms with Crippen molar-refractivity contribution in [3.05, 3.63) is 0 Å². The second kappa shape index (κ2) is 2.76. The van der Waals surface area contributed by atoms with Gasteiger partial charge in [0.1, 0.15) is 6.34 Å². The molecule has 0 aromatic heterocycles. The molecular weight excluding hydrogens is 112 g/mol. The van der Waals surface area contributed by atoms with Crippen LogP contribution in [0.5, 0.6) is 0 Å². The van der Waals surface area contributed by atoms with Crippen LogP contribution in [0.2, 0.25) is 0 Å². The normalized spacial score (nSPS) is 26.0. The van der Waals surface area contributed by atoms with E-state index in [1.54, 1.807) is 6.34 Å². The first-order valence-electron chi connectivity index (χ1n) is 3.37. The lowest BCUT2D eigenvalue weighted by Crippen LogP contribution is -2.16. The highest BCUT2D eigenvalue weighted by atomic mass is 14.9. The van der Waals surface area contributed by atoms with Crippen molar-refractivity contribution in [2.24, 2.45) is 15.9 Å². The molecule has 1 heterocycles. The smallest absolute Gasteiger partial charge is 0.109 e. The van der Waals surface area contributed by atoms with Gasteiger partial charge >= 0.3 is 0 Å². The molecular formula is C7H12N2. The molecule has 0 fully saturated rings. The second-order valence-electron chi connectivity index (χ2n) is 2.36. The van der Waals surface area contributed by atoms with Crippen LogP contribution in [0.15, 0.2) is 9.98 Å². The lowest BCUT2D eigenvalue weighted by atomic mass is 10.0. The Morgan fingerprint density at radius 1 is 1.78 bits per heavy atom. The fourth-order valence-corrected chi connectivity index (χ4v) is 0.968. The maximum absolute atomic E-state index is 4.11. The molecule has 0 N–H and O–H groups in total. The van der Waals surface area contributed by atoms with Crippen molar-refractivity contribution in [2.45, 2.75) is 20.3 Å². The van der Waals surface area contributed by atoms with Gasteiger partial charge in [-0.1, -0.05) is 6.92 Å². The van der Waals surface area contributed by atoms with Gasteiger partial charge in [-0.3, -0.25) is 4.99 Å². The van der Waals surface area contributed by atoms with Gasteiger partial charge in [-0.25, -0.2) is 4.99 Å². The van der Waals surface area contributed by atoms with Crippen LogP contribution < -0.4 is 0 Å². The van der Waals surface area contributed by atoms with Crippen LogP contribution in [-0.4, -0.2) is 18.6 Å². The van der Waals surface area contributed by atoms with E-state index in [1.807, 2.05) is 0 Å². The van der Waals surface area contributed by atoms with Gasteiger partial charge in [0.15, 0.2) is 0 Å². The summed E-state index contributed by atoms with van der Waals surface area (Å²) in [6.07, 6.45) is 2.81. The SMILES string of the molecule is CCC1CN=CN=C1C. The minimum Gasteiger partial charge on any atom is -0.273 e. The molecule has 0 saturated carbocycles. The number of nitrogens with zero attached hydrogens (tertiary/aromatic N) is 2. The Morgan fingerprint density at radius 2 is 2.56 bits per heavy atom. The van der Waals surface area contributed by atoms with E-state index in [4.69, 9.17) is 0 Å². The number of rotatable bonds is 1. The molecule has 2 heteroatoms. The highest BCUT2D eigenvalue weighted by Gasteiger charge is 2.09. The van der Waals surface area contributed by atoms with Crippen LogP contribution in [0.1, 0.15) is 20.3 Å². The van der Waals surface area contributed by atoms with Crippen molar-refractivity contribution in [1.82, 2.24) is 0 Å². The van der Waals surface area contributed by atoms with E-state index in [0.717, 1.165) is 13.0 Å². The Balaban J connectivity index is 2.59. The van der Waals surface area contributed by atoms with E-state index in [-0.39, 0.29) is 0 Å². The van der Waals surface area contributed by atoms with Gasteiger partial charge in [-0.2, -0.15) is 0 Å². The highest BCUT2D eigenvalue weighted by Crippen LogP contribution is 2.08. The predicted octanol–water partition coefficient (Wildman–Crippen LogP) is 1.52. The Kier molecular flexibility index (Phi) is 1.98. The van der Waals surface area contributed by atoms with Gasteiger partial charge in [0, 0.05) is 18.2 Å². The first-order chi connectivity index (χ1) is 4.34. The Labute approximate surface area is 55.7 Å². The zero-order chi connectivity index (χ0) is 6.69. The van der Waals surface area contributed by atoms with E-state index in [0.29, 0.717) is 5.92 Å². The zero-order valence-corrected chi connectivity index (χ0v) is 5.96. The minimum absolute atomic E-state index is 0.606. The van der Waals surface area contributed by atoms with Crippen LogP contribution in [0.25, 0.3) is 0 Å². The van der Waals surface area contributed by atoms with Crippen molar-refractivity contribution < 1.29 is 0 Å². The summed E-state index contributed by atoms with van der Waals surface area (Å²) in [5.41, 5.74) is 1.23. The van der Waals surface area contributed by atoms with E-state index >= 15 is 0 Å². The van der Waals surface area contributed by atoms with Crippen LogP contribution in [-0.2, 0) is 0 Å². The van der Waals surface area contributed by atoms with Crippen LogP contribution in [0.4, 0.5) is 0 Å². The second-order valence-corrected chi connectivity index (χ2v) is 2.36. The van der Waals surface area contributed by atoms with Gasteiger partial charge in [0.25, 0.3) is 0 Å². The third-order valence-corrected chi connectivity index (χ3v) is 1.75. The maximum Gasteiger partial charge on any atom is 0.109 e. The van der Waals surface area contributed by atoms with Crippen LogP contribution in [0.3, 0.4) is 0 Å². The summed E-state index contributed by atoms with van der Waals surface area (Å²) >= 11 is 0. The van der Waals surface area contributed by atoms with Crippen molar-refractivity contribution in [3.8, 4) is 0 Å². The molecule has 1 unspecified atom stereocenters. The van der Waals surface area contributed by atoms with Crippen molar-refractivity contribution in [1.29, 1.82) is 0 Å². The maximum atomic E-state index is 4.11. The molecule has 0 spiro atoms. The van der Waals surface area contributed by atoms with Gasteiger partial charge < -0.3 is 0 Å². The summed E-state index contributed by atoms with van der Waals surface area (Å²) in [6, 6.07) is 0. The third-order valence-electron chi connectivity index (χ3n) is 1.75. The molecule has 1 aliphatic heterocycles. The van der Waals surface area contributed by atoms with Crippen LogP contribution in [0, 0.1) is 5.92 Å². The first kappa shape index (κ1) is 6.46. The van der Waals surface area contributed by atoms with E-state index in [2.05, 4.69) is 23.8 Å². The average molecular weight is 124 g/mol. The molecule has 9 heavy (non-hydrogen) atoms. The van der Waals surface area contributed by atoms with E-state index < -0.39 is 0 Å². The van der Waals surface area contributed by atoms with Gasteiger partial charge in [-0.05, 0) is 13.3 Å². The molecule has 0 saturated heterocycles. The zero-order valence-electron chi connectivity index (χ0n) is 5.96. The molecule has 1 rings (SSSR count). The topological polar surface area (TPSA) is 24.7 Å². The molecule has 0 aromatic rings. The monoisotopic (exact) mass is 124 g/mol. The summed E-state index contributed by atoms with van der Waals surface area (Å²) in [4.78, 5) is 8.17. The van der Waals surface area contributed by atoms with Crippen LogP contribution >= 0.6 is 0 Å². The molecule has 2 nitrogen and oxygen atoms in total. The third kappa shape index (κ3) is 1.37. The van der Waals surface area contributed by atoms with E-state index in [9.17, 15) is 0 Å². The first-order valence-corrected chi connectivity index (χ1v) is 3.37. The van der Waals surface area contributed by atoms with E-state index in [1.165, 1.54) is 5.71 Å². The lowest BCUT2D eigenvalue weighted by molar-refractivity contribution is 0.670. The number of hydrogen-bond acceptors (Lipinski definition) is 2. The summed E-state index contributed by atoms with van der Waals surface area (Å²) in [5.74, 6) is 0.606. The van der Waals surface area contributed by atoms with Gasteiger partial charge in [0.2, 0.25) is 0 Å². The molecule has 0 amide bonds. The standard InChI is InChI=1S/C7H12N2/c1-3-7-4-8-5-9-6(7)2/h5,7H,3-4H2,1-2H3. The van der Waals surface area contributed by atoms with Gasteiger partial charge in [-0.15, -0.1) is 0 Å². The molecule has 0 aromatic carbocycles. The number of aliphatic imine (C=N–C) groups is 2.